The quantitative estimate of drug-likeness (QED) is 0.902. The molecule has 1 aromatic heterocycles. The van der Waals surface area contributed by atoms with Crippen LogP contribution in [0.2, 0.25) is 4.34 Å². The van der Waals surface area contributed by atoms with Crippen molar-refractivity contribution in [2.24, 2.45) is 0 Å². The van der Waals surface area contributed by atoms with Crippen LogP contribution in [0.15, 0.2) is 12.1 Å². The summed E-state index contributed by atoms with van der Waals surface area (Å²) in [5.74, 6) is 0. The van der Waals surface area contributed by atoms with Crippen LogP contribution in [0.4, 0.5) is 0 Å². The van der Waals surface area contributed by atoms with Crippen molar-refractivity contribution in [1.82, 2.24) is 10.2 Å². The fourth-order valence-electron chi connectivity index (χ4n) is 2.16. The highest BCUT2D eigenvalue weighted by molar-refractivity contribution is 7.16. The van der Waals surface area contributed by atoms with Crippen LogP contribution >= 0.6 is 22.9 Å². The fourth-order valence-corrected chi connectivity index (χ4v) is 3.25. The smallest absolute Gasteiger partial charge is 0.0931 e. The van der Waals surface area contributed by atoms with Crippen molar-refractivity contribution in [2.75, 3.05) is 32.8 Å². The van der Waals surface area contributed by atoms with Crippen LogP contribution in [0.1, 0.15) is 24.8 Å². The highest BCUT2D eigenvalue weighted by Gasteiger charge is 2.19. The molecule has 1 N–H and O–H groups in total. The van der Waals surface area contributed by atoms with Crippen molar-refractivity contribution in [3.63, 3.8) is 0 Å². The van der Waals surface area contributed by atoms with Gasteiger partial charge in [-0.1, -0.05) is 18.5 Å². The van der Waals surface area contributed by atoms with Gasteiger partial charge in [-0.15, -0.1) is 11.3 Å². The van der Waals surface area contributed by atoms with Gasteiger partial charge in [-0.05, 0) is 25.6 Å². The summed E-state index contributed by atoms with van der Waals surface area (Å²) < 4.78 is 6.63. The summed E-state index contributed by atoms with van der Waals surface area (Å²) in [6, 6.07) is 4.38. The fraction of sp³-hybridized carbons (Fsp3) is 0.692. The maximum absolute atomic E-state index is 5.95. The van der Waals surface area contributed by atoms with Crippen LogP contribution in [-0.2, 0) is 4.74 Å². The van der Waals surface area contributed by atoms with Gasteiger partial charge in [-0.3, -0.25) is 4.90 Å². The number of likely N-dealkylation sites (N-methyl/N-ethyl adjacent to an activating group) is 1. The second kappa shape index (κ2) is 6.87. The van der Waals surface area contributed by atoms with E-state index < -0.39 is 0 Å². The Bertz CT molecular complexity index is 372. The minimum Gasteiger partial charge on any atom is -0.374 e. The number of hydrogen-bond acceptors (Lipinski definition) is 4. The molecule has 2 atom stereocenters. The molecule has 102 valence electrons. The van der Waals surface area contributed by atoms with Gasteiger partial charge in [0.15, 0.2) is 0 Å². The molecule has 0 amide bonds. The van der Waals surface area contributed by atoms with Crippen molar-refractivity contribution >= 4 is 22.9 Å². The lowest BCUT2D eigenvalue weighted by molar-refractivity contribution is -0.0261. The van der Waals surface area contributed by atoms with E-state index in [0.717, 1.165) is 37.1 Å². The minimum atomic E-state index is 0.302. The first kappa shape index (κ1) is 14.3. The molecule has 0 aliphatic carbocycles. The molecule has 2 rings (SSSR count). The van der Waals surface area contributed by atoms with Crippen LogP contribution in [0.5, 0.6) is 0 Å². The van der Waals surface area contributed by atoms with Gasteiger partial charge in [0, 0.05) is 30.6 Å². The van der Waals surface area contributed by atoms with E-state index in [0.29, 0.717) is 12.1 Å². The number of rotatable bonds is 5. The lowest BCUT2D eigenvalue weighted by Crippen LogP contribution is -2.46. The highest BCUT2D eigenvalue weighted by atomic mass is 35.5. The minimum absolute atomic E-state index is 0.302. The Morgan fingerprint density at radius 2 is 2.44 bits per heavy atom. The van der Waals surface area contributed by atoms with Gasteiger partial charge >= 0.3 is 0 Å². The van der Waals surface area contributed by atoms with E-state index in [4.69, 9.17) is 16.3 Å². The van der Waals surface area contributed by atoms with Gasteiger partial charge in [0.05, 0.1) is 17.0 Å². The molecule has 2 heterocycles. The van der Waals surface area contributed by atoms with Crippen molar-refractivity contribution in [3.05, 3.63) is 21.3 Å². The first-order chi connectivity index (χ1) is 8.69. The van der Waals surface area contributed by atoms with Gasteiger partial charge in [-0.25, -0.2) is 0 Å². The summed E-state index contributed by atoms with van der Waals surface area (Å²) in [7, 11) is 0. The average Bonchev–Trinajstić information content (AvgIpc) is 2.83. The molecule has 2 unspecified atom stereocenters. The van der Waals surface area contributed by atoms with Gasteiger partial charge in [0.1, 0.15) is 0 Å². The molecule has 0 aromatic carbocycles. The Labute approximate surface area is 118 Å². The Kier molecular flexibility index (Phi) is 5.45. The van der Waals surface area contributed by atoms with Crippen molar-refractivity contribution < 1.29 is 4.74 Å². The Balaban J connectivity index is 1.77. The molecule has 1 aromatic rings. The summed E-state index contributed by atoms with van der Waals surface area (Å²) in [4.78, 5) is 3.71. The van der Waals surface area contributed by atoms with E-state index in [1.807, 2.05) is 6.07 Å². The summed E-state index contributed by atoms with van der Waals surface area (Å²) >= 11 is 7.59. The van der Waals surface area contributed by atoms with Gasteiger partial charge in [-0.2, -0.15) is 0 Å². The van der Waals surface area contributed by atoms with E-state index in [-0.39, 0.29) is 0 Å². The number of nitrogens with one attached hydrogen (secondary N) is 1. The molecule has 3 nitrogen and oxygen atoms in total. The predicted octanol–water partition coefficient (Wildman–Crippen LogP) is 2.77. The topological polar surface area (TPSA) is 24.5 Å². The monoisotopic (exact) mass is 288 g/mol. The number of morpholine rings is 1. The SMILES string of the molecule is CCN1CCOC(CNC(C)c2ccc(Cl)s2)C1. The van der Waals surface area contributed by atoms with Gasteiger partial charge in [0.2, 0.25) is 0 Å². The van der Waals surface area contributed by atoms with E-state index in [1.54, 1.807) is 11.3 Å². The first-order valence-electron chi connectivity index (χ1n) is 6.51. The Morgan fingerprint density at radius 3 is 3.11 bits per heavy atom. The van der Waals surface area contributed by atoms with E-state index in [2.05, 4.69) is 30.1 Å². The Morgan fingerprint density at radius 1 is 1.61 bits per heavy atom. The van der Waals surface area contributed by atoms with Crippen LogP contribution in [0.3, 0.4) is 0 Å². The molecule has 1 aliphatic heterocycles. The maximum Gasteiger partial charge on any atom is 0.0931 e. The maximum atomic E-state index is 5.95. The summed E-state index contributed by atoms with van der Waals surface area (Å²) in [6.45, 7) is 9.31. The third kappa shape index (κ3) is 3.93. The zero-order chi connectivity index (χ0) is 13.0. The van der Waals surface area contributed by atoms with E-state index >= 15 is 0 Å². The molecule has 1 fully saturated rings. The second-order valence-electron chi connectivity index (χ2n) is 4.66. The third-order valence-electron chi connectivity index (χ3n) is 3.34. The summed E-state index contributed by atoms with van der Waals surface area (Å²) in [5.41, 5.74) is 0. The zero-order valence-corrected chi connectivity index (χ0v) is 12.6. The lowest BCUT2D eigenvalue weighted by Gasteiger charge is -2.32. The third-order valence-corrected chi connectivity index (χ3v) is 4.76. The van der Waals surface area contributed by atoms with E-state index in [9.17, 15) is 0 Å². The Hall–Kier alpha value is -0.130. The number of thiophene rings is 1. The predicted molar refractivity (Wildman–Crippen MR) is 77.6 cm³/mol. The normalized spacial score (nSPS) is 23.2. The number of hydrogen-bond donors (Lipinski definition) is 1. The van der Waals surface area contributed by atoms with Crippen LogP contribution in [0.25, 0.3) is 0 Å². The molecular weight excluding hydrogens is 268 g/mol. The first-order valence-corrected chi connectivity index (χ1v) is 7.71. The lowest BCUT2D eigenvalue weighted by atomic mass is 10.2. The molecule has 0 bridgehead atoms. The standard InChI is InChI=1S/C13H21ClN2OS/c1-3-16-6-7-17-11(9-16)8-15-10(2)12-4-5-13(14)18-12/h4-5,10-11,15H,3,6-9H2,1-2H3. The molecule has 1 saturated heterocycles. The molecule has 0 spiro atoms. The van der Waals surface area contributed by atoms with Crippen LogP contribution < -0.4 is 5.32 Å². The van der Waals surface area contributed by atoms with Crippen molar-refractivity contribution in [3.8, 4) is 0 Å². The van der Waals surface area contributed by atoms with Crippen LogP contribution in [-0.4, -0.2) is 43.8 Å². The summed E-state index contributed by atoms with van der Waals surface area (Å²) in [5, 5.41) is 3.53. The molecule has 1 aliphatic rings. The molecule has 0 radical (unpaired) electrons. The van der Waals surface area contributed by atoms with Crippen LogP contribution in [0, 0.1) is 0 Å². The molecule has 5 heteroatoms. The number of ether oxygens (including phenoxy) is 1. The average molecular weight is 289 g/mol. The largest absolute Gasteiger partial charge is 0.374 e. The molecule has 18 heavy (non-hydrogen) atoms. The summed E-state index contributed by atoms with van der Waals surface area (Å²) in [6.07, 6.45) is 0.302. The number of halogens is 1. The van der Waals surface area contributed by atoms with Crippen molar-refractivity contribution in [1.29, 1.82) is 0 Å². The second-order valence-corrected chi connectivity index (χ2v) is 6.40. The van der Waals surface area contributed by atoms with Gasteiger partial charge < -0.3 is 10.1 Å². The van der Waals surface area contributed by atoms with Gasteiger partial charge in [0.25, 0.3) is 0 Å². The molecular formula is C13H21ClN2OS. The van der Waals surface area contributed by atoms with E-state index in [1.165, 1.54) is 4.88 Å². The van der Waals surface area contributed by atoms with Crippen molar-refractivity contribution in [2.45, 2.75) is 26.0 Å². The molecule has 0 saturated carbocycles. The highest BCUT2D eigenvalue weighted by Crippen LogP contribution is 2.26. The number of nitrogens with zero attached hydrogens (tertiary/aromatic N) is 1. The zero-order valence-electron chi connectivity index (χ0n) is 11.0.